The van der Waals surface area contributed by atoms with Crippen LogP contribution in [-0.4, -0.2) is 46.3 Å². The highest BCUT2D eigenvalue weighted by Crippen LogP contribution is 2.17. The van der Waals surface area contributed by atoms with Gasteiger partial charge in [0.05, 0.1) is 31.1 Å². The summed E-state index contributed by atoms with van der Waals surface area (Å²) in [5, 5.41) is 9.58. The second-order valence-electron chi connectivity index (χ2n) is 4.05. The fraction of sp³-hybridized carbons (Fsp3) is 0.636. The van der Waals surface area contributed by atoms with Gasteiger partial charge >= 0.3 is 0 Å². The van der Waals surface area contributed by atoms with Gasteiger partial charge in [0, 0.05) is 13.1 Å². The van der Waals surface area contributed by atoms with E-state index in [1.165, 1.54) is 0 Å². The lowest BCUT2D eigenvalue weighted by atomic mass is 10.3. The van der Waals surface area contributed by atoms with Gasteiger partial charge < -0.3 is 9.84 Å². The lowest BCUT2D eigenvalue weighted by molar-refractivity contribution is 0.0330. The van der Waals surface area contributed by atoms with Gasteiger partial charge in [-0.05, 0) is 13.8 Å². The van der Waals surface area contributed by atoms with Gasteiger partial charge in [-0.2, -0.15) is 0 Å². The van der Waals surface area contributed by atoms with Crippen LogP contribution >= 0.6 is 0 Å². The normalized spacial score (nSPS) is 17.6. The lowest BCUT2D eigenvalue weighted by Gasteiger charge is -2.25. The van der Waals surface area contributed by atoms with Crippen molar-refractivity contribution in [2.75, 3.05) is 26.3 Å². The van der Waals surface area contributed by atoms with E-state index < -0.39 is 0 Å². The molecule has 1 aliphatic rings. The molecule has 0 atom stereocenters. The Balaban J connectivity index is 2.09. The Kier molecular flexibility index (Phi) is 3.36. The van der Waals surface area contributed by atoms with Crippen LogP contribution in [0.5, 0.6) is 5.75 Å². The molecule has 0 radical (unpaired) electrons. The molecule has 0 saturated carbocycles. The van der Waals surface area contributed by atoms with Crippen molar-refractivity contribution in [2.24, 2.45) is 0 Å². The monoisotopic (exact) mass is 223 g/mol. The van der Waals surface area contributed by atoms with E-state index >= 15 is 0 Å². The van der Waals surface area contributed by atoms with Gasteiger partial charge in [-0.15, -0.1) is 0 Å². The molecule has 16 heavy (non-hydrogen) atoms. The number of aromatic hydroxyl groups is 1. The average molecular weight is 223 g/mol. The molecule has 0 unspecified atom stereocenters. The van der Waals surface area contributed by atoms with E-state index in [9.17, 15) is 5.11 Å². The topological polar surface area (TPSA) is 58.5 Å². The Labute approximate surface area is 95.1 Å². The van der Waals surface area contributed by atoms with Crippen molar-refractivity contribution in [3.63, 3.8) is 0 Å². The number of hydrogen-bond donors (Lipinski definition) is 1. The Hall–Kier alpha value is -1.20. The Morgan fingerprint density at radius 3 is 2.31 bits per heavy atom. The highest BCUT2D eigenvalue weighted by atomic mass is 16.5. The van der Waals surface area contributed by atoms with Gasteiger partial charge in [0.25, 0.3) is 0 Å². The van der Waals surface area contributed by atoms with Crippen LogP contribution in [0.3, 0.4) is 0 Å². The minimum absolute atomic E-state index is 0.200. The maximum atomic E-state index is 9.58. The zero-order valence-electron chi connectivity index (χ0n) is 9.73. The van der Waals surface area contributed by atoms with Gasteiger partial charge in [0.15, 0.2) is 5.75 Å². The Bertz CT molecular complexity index is 352. The van der Waals surface area contributed by atoms with Crippen molar-refractivity contribution in [2.45, 2.75) is 20.4 Å². The highest BCUT2D eigenvalue weighted by molar-refractivity contribution is 5.29. The Morgan fingerprint density at radius 1 is 1.19 bits per heavy atom. The molecule has 88 valence electrons. The molecule has 5 nitrogen and oxygen atoms in total. The molecule has 5 heteroatoms. The number of hydrogen-bond acceptors (Lipinski definition) is 5. The Morgan fingerprint density at radius 2 is 1.75 bits per heavy atom. The molecule has 1 N–H and O–H groups in total. The van der Waals surface area contributed by atoms with Crippen LogP contribution in [0.4, 0.5) is 0 Å². The second kappa shape index (κ2) is 4.76. The summed E-state index contributed by atoms with van der Waals surface area (Å²) in [5.74, 6) is 0.973. The first-order chi connectivity index (χ1) is 7.66. The quantitative estimate of drug-likeness (QED) is 0.797. The smallest absolute Gasteiger partial charge is 0.158 e. The molecule has 1 aliphatic heterocycles. The number of aryl methyl sites for hydroxylation is 2. The van der Waals surface area contributed by atoms with Crippen LogP contribution in [0.1, 0.15) is 17.2 Å². The average Bonchev–Trinajstić information content (AvgIpc) is 2.27. The molecule has 0 aromatic carbocycles. The van der Waals surface area contributed by atoms with E-state index in [1.54, 1.807) is 13.8 Å². The third-order valence-corrected chi connectivity index (χ3v) is 2.75. The van der Waals surface area contributed by atoms with Gasteiger partial charge in [0.2, 0.25) is 0 Å². The van der Waals surface area contributed by atoms with Crippen molar-refractivity contribution in [3.8, 4) is 5.75 Å². The first-order valence-corrected chi connectivity index (χ1v) is 5.50. The van der Waals surface area contributed by atoms with E-state index in [0.717, 1.165) is 38.7 Å². The van der Waals surface area contributed by atoms with Crippen LogP contribution in [-0.2, 0) is 11.3 Å². The van der Waals surface area contributed by atoms with Crippen LogP contribution in [0.15, 0.2) is 0 Å². The third-order valence-electron chi connectivity index (χ3n) is 2.75. The second-order valence-corrected chi connectivity index (χ2v) is 4.05. The highest BCUT2D eigenvalue weighted by Gasteiger charge is 2.13. The summed E-state index contributed by atoms with van der Waals surface area (Å²) < 4.78 is 5.28. The predicted octanol–water partition coefficient (Wildman–Crippen LogP) is 0.631. The summed E-state index contributed by atoms with van der Waals surface area (Å²) in [6, 6.07) is 0. The summed E-state index contributed by atoms with van der Waals surface area (Å²) >= 11 is 0. The molecule has 0 amide bonds. The van der Waals surface area contributed by atoms with E-state index in [-0.39, 0.29) is 5.75 Å². The molecule has 1 aromatic heterocycles. The molecule has 2 rings (SSSR count). The largest absolute Gasteiger partial charge is 0.504 e. The molecule has 0 spiro atoms. The predicted molar refractivity (Wildman–Crippen MR) is 59.3 cm³/mol. The molecular weight excluding hydrogens is 206 g/mol. The number of morpholine rings is 1. The van der Waals surface area contributed by atoms with Crippen LogP contribution < -0.4 is 0 Å². The first kappa shape index (κ1) is 11.3. The number of ether oxygens (including phenoxy) is 1. The van der Waals surface area contributed by atoms with E-state index in [4.69, 9.17) is 4.74 Å². The molecule has 1 fully saturated rings. The zero-order chi connectivity index (χ0) is 11.5. The maximum absolute atomic E-state index is 9.58. The van der Waals surface area contributed by atoms with Gasteiger partial charge in [-0.1, -0.05) is 0 Å². The first-order valence-electron chi connectivity index (χ1n) is 5.50. The van der Waals surface area contributed by atoms with Crippen molar-refractivity contribution in [3.05, 3.63) is 17.2 Å². The lowest BCUT2D eigenvalue weighted by Crippen LogP contribution is -2.36. The van der Waals surface area contributed by atoms with Crippen molar-refractivity contribution < 1.29 is 9.84 Å². The standard InChI is InChI=1S/C11H17N3O2/c1-8-11(15)9(2)13-10(12-8)7-14-3-5-16-6-4-14/h15H,3-7H2,1-2H3. The minimum atomic E-state index is 0.200. The number of rotatable bonds is 2. The van der Waals surface area contributed by atoms with Crippen LogP contribution in [0.25, 0.3) is 0 Å². The molecule has 1 saturated heterocycles. The summed E-state index contributed by atoms with van der Waals surface area (Å²) in [6.07, 6.45) is 0. The minimum Gasteiger partial charge on any atom is -0.504 e. The van der Waals surface area contributed by atoms with Crippen LogP contribution in [0, 0.1) is 13.8 Å². The summed E-state index contributed by atoms with van der Waals surface area (Å²) in [5.41, 5.74) is 1.30. The molecule has 1 aromatic rings. The van der Waals surface area contributed by atoms with Crippen molar-refractivity contribution in [1.82, 2.24) is 14.9 Å². The van der Waals surface area contributed by atoms with Crippen LogP contribution in [0.2, 0.25) is 0 Å². The van der Waals surface area contributed by atoms with E-state index in [2.05, 4.69) is 14.9 Å². The van der Waals surface area contributed by atoms with Gasteiger partial charge in [0.1, 0.15) is 5.82 Å². The van der Waals surface area contributed by atoms with Gasteiger partial charge in [-0.25, -0.2) is 9.97 Å². The fourth-order valence-corrected chi connectivity index (χ4v) is 1.81. The molecular formula is C11H17N3O2. The fourth-order valence-electron chi connectivity index (χ4n) is 1.81. The maximum Gasteiger partial charge on any atom is 0.158 e. The summed E-state index contributed by atoms with van der Waals surface area (Å²) in [4.78, 5) is 10.8. The van der Waals surface area contributed by atoms with E-state index in [1.807, 2.05) is 0 Å². The summed E-state index contributed by atoms with van der Waals surface area (Å²) in [6.45, 7) is 7.71. The molecule has 0 aliphatic carbocycles. The summed E-state index contributed by atoms with van der Waals surface area (Å²) in [7, 11) is 0. The zero-order valence-corrected chi connectivity index (χ0v) is 9.73. The third kappa shape index (κ3) is 2.48. The molecule has 2 heterocycles. The van der Waals surface area contributed by atoms with Crippen molar-refractivity contribution >= 4 is 0 Å². The molecule has 0 bridgehead atoms. The SMILES string of the molecule is Cc1nc(CN2CCOCC2)nc(C)c1O. The van der Waals surface area contributed by atoms with Crippen molar-refractivity contribution in [1.29, 1.82) is 0 Å². The van der Waals surface area contributed by atoms with Gasteiger partial charge in [-0.3, -0.25) is 4.90 Å². The number of nitrogens with zero attached hydrogens (tertiary/aromatic N) is 3. The number of aromatic nitrogens is 2. The van der Waals surface area contributed by atoms with E-state index in [0.29, 0.717) is 11.4 Å².